The van der Waals surface area contributed by atoms with Crippen molar-refractivity contribution >= 4 is 31.9 Å². The number of sulfonamides is 1. The Bertz CT molecular complexity index is 1050. The first-order valence-corrected chi connectivity index (χ1v) is 12.0. The molecule has 9 heteroatoms. The maximum absolute atomic E-state index is 14.2. The van der Waals surface area contributed by atoms with Crippen LogP contribution in [0.3, 0.4) is 0 Å². The lowest BCUT2D eigenvalue weighted by atomic mass is 10.2. The van der Waals surface area contributed by atoms with Crippen LogP contribution in [0.25, 0.3) is 0 Å². The van der Waals surface area contributed by atoms with Gasteiger partial charge < -0.3 is 9.47 Å². The van der Waals surface area contributed by atoms with Crippen LogP contribution in [0.4, 0.5) is 4.39 Å². The normalized spacial score (nSPS) is 15.2. The molecule has 0 aliphatic carbocycles. The summed E-state index contributed by atoms with van der Waals surface area (Å²) < 4.78 is 43.8. The molecule has 1 fully saturated rings. The molecule has 0 unspecified atom stereocenters. The number of carbonyl (C=O) groups excluding carboxylic acids is 1. The molecule has 30 heavy (non-hydrogen) atoms. The molecule has 1 aliphatic heterocycles. The van der Waals surface area contributed by atoms with E-state index in [0.29, 0.717) is 23.1 Å². The number of hydrogen-bond donors (Lipinski definition) is 0. The highest BCUT2D eigenvalue weighted by atomic mass is 79.9. The van der Waals surface area contributed by atoms with Crippen LogP contribution in [0, 0.1) is 5.82 Å². The zero-order valence-electron chi connectivity index (χ0n) is 16.9. The Kier molecular flexibility index (Phi) is 7.15. The molecule has 162 valence electrons. The summed E-state index contributed by atoms with van der Waals surface area (Å²) in [4.78, 5) is 14.7. The third kappa shape index (κ3) is 4.84. The number of piperidine rings is 1. The van der Waals surface area contributed by atoms with Gasteiger partial charge in [-0.25, -0.2) is 12.8 Å². The van der Waals surface area contributed by atoms with Crippen LogP contribution in [0.2, 0.25) is 0 Å². The van der Waals surface area contributed by atoms with Gasteiger partial charge in [-0.05, 0) is 37.1 Å². The topological polar surface area (TPSA) is 62.6 Å². The zero-order valence-corrected chi connectivity index (χ0v) is 19.3. The van der Waals surface area contributed by atoms with Crippen molar-refractivity contribution in [2.45, 2.75) is 30.7 Å². The van der Waals surface area contributed by atoms with Crippen molar-refractivity contribution in [3.63, 3.8) is 0 Å². The zero-order chi connectivity index (χ0) is 21.9. The Balaban J connectivity index is 1.88. The summed E-state index contributed by atoms with van der Waals surface area (Å²) in [6, 6.07) is 5.95. The minimum Gasteiger partial charge on any atom is -0.345 e. The minimum absolute atomic E-state index is 0.0372. The molecule has 0 bridgehead atoms. The molecule has 6 nitrogen and oxygen atoms in total. The number of carbonyl (C=O) groups is 1. The standard InChI is InChI=1S/C21H25BrFN3O3S/c1-3-9-25(14-16-12-17(22)7-8-19(16)23)21(27)20-13-18(15-24(20)2)30(28,29)26-10-5-4-6-11-26/h3,7-8,12-13,15H,1,4-6,9-11,14H2,2H3. The lowest BCUT2D eigenvalue weighted by molar-refractivity contribution is 0.0751. The van der Waals surface area contributed by atoms with Crippen LogP contribution in [-0.4, -0.2) is 47.7 Å². The van der Waals surface area contributed by atoms with E-state index in [-0.39, 0.29) is 23.7 Å². The summed E-state index contributed by atoms with van der Waals surface area (Å²) in [5.41, 5.74) is 0.581. The van der Waals surface area contributed by atoms with Gasteiger partial charge in [0.2, 0.25) is 10.0 Å². The Morgan fingerprint density at radius 2 is 1.97 bits per heavy atom. The lowest BCUT2D eigenvalue weighted by Crippen LogP contribution is -2.35. The van der Waals surface area contributed by atoms with E-state index in [1.54, 1.807) is 25.3 Å². The number of halogens is 2. The molecule has 2 aromatic rings. The SMILES string of the molecule is C=CCN(Cc1cc(Br)ccc1F)C(=O)c1cc(S(=O)(=O)N2CCCCC2)cn1C. The van der Waals surface area contributed by atoms with E-state index in [4.69, 9.17) is 0 Å². The quantitative estimate of drug-likeness (QED) is 0.544. The maximum atomic E-state index is 14.2. The van der Waals surface area contributed by atoms with Crippen molar-refractivity contribution in [2.24, 2.45) is 7.05 Å². The average molecular weight is 498 g/mol. The number of rotatable bonds is 7. The van der Waals surface area contributed by atoms with Gasteiger partial charge in [-0.2, -0.15) is 4.31 Å². The van der Waals surface area contributed by atoms with E-state index in [0.717, 1.165) is 19.3 Å². The summed E-state index contributed by atoms with van der Waals surface area (Å²) in [6.07, 6.45) is 5.71. The smallest absolute Gasteiger partial charge is 0.271 e. The lowest BCUT2D eigenvalue weighted by Gasteiger charge is -2.25. The van der Waals surface area contributed by atoms with E-state index in [9.17, 15) is 17.6 Å². The van der Waals surface area contributed by atoms with Gasteiger partial charge in [0.05, 0.1) is 0 Å². The van der Waals surface area contributed by atoms with E-state index < -0.39 is 21.7 Å². The van der Waals surface area contributed by atoms with Gasteiger partial charge in [-0.15, -0.1) is 6.58 Å². The molecule has 0 saturated carbocycles. The molecule has 3 rings (SSSR count). The van der Waals surface area contributed by atoms with Gasteiger partial charge in [0.25, 0.3) is 5.91 Å². The van der Waals surface area contributed by atoms with Crippen molar-refractivity contribution in [3.05, 3.63) is 64.7 Å². The first-order valence-electron chi connectivity index (χ1n) is 9.74. The Morgan fingerprint density at radius 3 is 2.63 bits per heavy atom. The first kappa shape index (κ1) is 22.7. The highest BCUT2D eigenvalue weighted by Crippen LogP contribution is 2.24. The fraction of sp³-hybridized carbons (Fsp3) is 0.381. The van der Waals surface area contributed by atoms with Crippen molar-refractivity contribution in [1.29, 1.82) is 0 Å². The fourth-order valence-corrected chi connectivity index (χ4v) is 5.55. The molecule has 0 atom stereocenters. The molecule has 2 heterocycles. The molecule has 1 aromatic carbocycles. The molecule has 0 spiro atoms. The summed E-state index contributed by atoms with van der Waals surface area (Å²) in [6.45, 7) is 4.90. The summed E-state index contributed by atoms with van der Waals surface area (Å²) in [5.74, 6) is -0.808. The maximum Gasteiger partial charge on any atom is 0.271 e. The number of hydrogen-bond acceptors (Lipinski definition) is 3. The van der Waals surface area contributed by atoms with Crippen molar-refractivity contribution in [1.82, 2.24) is 13.8 Å². The van der Waals surface area contributed by atoms with Crippen molar-refractivity contribution < 1.29 is 17.6 Å². The van der Waals surface area contributed by atoms with Crippen LogP contribution < -0.4 is 0 Å². The van der Waals surface area contributed by atoms with E-state index in [2.05, 4.69) is 22.5 Å². The third-order valence-corrected chi connectivity index (χ3v) is 7.51. The number of amides is 1. The molecular weight excluding hydrogens is 473 g/mol. The molecular formula is C21H25BrFN3O3S. The van der Waals surface area contributed by atoms with Crippen molar-refractivity contribution in [3.8, 4) is 0 Å². The Hall–Kier alpha value is -1.97. The van der Waals surface area contributed by atoms with E-state index in [1.165, 1.54) is 32.1 Å². The van der Waals surface area contributed by atoms with Crippen molar-refractivity contribution in [2.75, 3.05) is 19.6 Å². The Labute approximate surface area is 185 Å². The highest BCUT2D eigenvalue weighted by Gasteiger charge is 2.29. The van der Waals surface area contributed by atoms with Crippen LogP contribution >= 0.6 is 15.9 Å². The van der Waals surface area contributed by atoms with E-state index >= 15 is 0 Å². The van der Waals surface area contributed by atoms with Gasteiger partial charge >= 0.3 is 0 Å². The van der Waals surface area contributed by atoms with Gasteiger partial charge in [0, 0.05) is 49.5 Å². The second kappa shape index (κ2) is 9.45. The van der Waals surface area contributed by atoms with Crippen LogP contribution in [-0.2, 0) is 23.6 Å². The van der Waals surface area contributed by atoms with Crippen LogP contribution in [0.15, 0.2) is 52.5 Å². The van der Waals surface area contributed by atoms with Crippen LogP contribution in [0.1, 0.15) is 35.3 Å². The second-order valence-electron chi connectivity index (χ2n) is 7.35. The molecule has 1 amide bonds. The van der Waals surface area contributed by atoms with Crippen LogP contribution in [0.5, 0.6) is 0 Å². The minimum atomic E-state index is -3.65. The van der Waals surface area contributed by atoms with Gasteiger partial charge in [0.15, 0.2) is 0 Å². The molecule has 0 radical (unpaired) electrons. The van der Waals surface area contributed by atoms with Gasteiger partial charge in [0.1, 0.15) is 16.4 Å². The number of aryl methyl sites for hydroxylation is 1. The monoisotopic (exact) mass is 497 g/mol. The van der Waals surface area contributed by atoms with Gasteiger partial charge in [-0.1, -0.05) is 28.4 Å². The predicted octanol–water partition coefficient (Wildman–Crippen LogP) is 3.93. The Morgan fingerprint density at radius 1 is 1.27 bits per heavy atom. The first-order chi connectivity index (χ1) is 14.2. The summed E-state index contributed by atoms with van der Waals surface area (Å²) in [5, 5.41) is 0. The highest BCUT2D eigenvalue weighted by molar-refractivity contribution is 9.10. The fourth-order valence-electron chi connectivity index (χ4n) is 3.55. The number of benzene rings is 1. The average Bonchev–Trinajstić information content (AvgIpc) is 3.13. The number of aromatic nitrogens is 1. The third-order valence-electron chi connectivity index (χ3n) is 5.16. The van der Waals surface area contributed by atoms with Gasteiger partial charge in [-0.3, -0.25) is 4.79 Å². The molecule has 0 N–H and O–H groups in total. The largest absolute Gasteiger partial charge is 0.345 e. The molecule has 1 saturated heterocycles. The summed E-state index contributed by atoms with van der Waals surface area (Å²) >= 11 is 3.32. The predicted molar refractivity (Wildman–Crippen MR) is 117 cm³/mol. The summed E-state index contributed by atoms with van der Waals surface area (Å²) in [7, 11) is -2.02. The second-order valence-corrected chi connectivity index (χ2v) is 10.2. The van der Waals surface area contributed by atoms with E-state index in [1.807, 2.05) is 0 Å². The molecule has 1 aliphatic rings. The number of nitrogens with zero attached hydrogens (tertiary/aromatic N) is 3. The molecule has 1 aromatic heterocycles.